The lowest BCUT2D eigenvalue weighted by atomic mass is 10.0. The van der Waals surface area contributed by atoms with Crippen LogP contribution in [0, 0.1) is 11.6 Å². The quantitative estimate of drug-likeness (QED) is 0.260. The Morgan fingerprint density at radius 1 is 1.00 bits per heavy atom. The van der Waals surface area contributed by atoms with Crippen LogP contribution in [0.3, 0.4) is 0 Å². The van der Waals surface area contributed by atoms with E-state index in [-0.39, 0.29) is 45.6 Å². The van der Waals surface area contributed by atoms with Gasteiger partial charge in [0.2, 0.25) is 11.9 Å². The molecule has 0 bridgehead atoms. The Bertz CT molecular complexity index is 1690. The molecule has 41 heavy (non-hydrogen) atoms. The molecular weight excluding hydrogens is 573 g/mol. The minimum Gasteiger partial charge on any atom is -0.495 e. The normalized spacial score (nSPS) is 11.7. The smallest absolute Gasteiger partial charge is 0.419 e. The van der Waals surface area contributed by atoms with E-state index in [2.05, 4.69) is 19.7 Å². The third-order valence-electron chi connectivity index (χ3n) is 5.70. The lowest BCUT2D eigenvalue weighted by Gasteiger charge is -2.24. The van der Waals surface area contributed by atoms with Crippen molar-refractivity contribution in [3.8, 4) is 16.9 Å². The number of ether oxygens (including phenoxy) is 1. The highest BCUT2D eigenvalue weighted by Gasteiger charge is 2.34. The fourth-order valence-electron chi connectivity index (χ4n) is 3.75. The molecule has 0 aliphatic heterocycles. The molecule has 214 valence electrons. The number of methoxy groups -OCH3 is 1. The van der Waals surface area contributed by atoms with E-state index >= 15 is 4.39 Å². The summed E-state index contributed by atoms with van der Waals surface area (Å²) in [6, 6.07) is 7.80. The Kier molecular flexibility index (Phi) is 8.19. The number of carbonyl (C=O) groups excluding carboxylic acids is 1. The van der Waals surface area contributed by atoms with Gasteiger partial charge >= 0.3 is 6.18 Å². The molecule has 0 radical (unpaired) electrons. The molecule has 4 rings (SSSR count). The summed E-state index contributed by atoms with van der Waals surface area (Å²) in [6.45, 7) is 1.52. The first-order valence-corrected chi connectivity index (χ1v) is 13.2. The van der Waals surface area contributed by atoms with Gasteiger partial charge in [-0.3, -0.25) is 9.69 Å². The van der Waals surface area contributed by atoms with Gasteiger partial charge in [-0.2, -0.15) is 13.2 Å². The maximum Gasteiger partial charge on any atom is 0.419 e. The number of halogens is 5. The van der Waals surface area contributed by atoms with Crippen molar-refractivity contribution in [3.05, 3.63) is 84.3 Å². The van der Waals surface area contributed by atoms with E-state index in [9.17, 15) is 30.8 Å². The van der Waals surface area contributed by atoms with E-state index in [1.807, 2.05) is 0 Å². The van der Waals surface area contributed by atoms with Gasteiger partial charge in [-0.1, -0.05) is 13.0 Å². The van der Waals surface area contributed by atoms with E-state index in [1.165, 1.54) is 38.6 Å². The summed E-state index contributed by atoms with van der Waals surface area (Å²) in [7, 11) is -2.96. The Morgan fingerprint density at radius 2 is 1.71 bits per heavy atom. The molecule has 1 amide bonds. The molecule has 4 aromatic rings. The molecule has 2 heterocycles. The summed E-state index contributed by atoms with van der Waals surface area (Å²) in [5, 5.41) is 0. The highest BCUT2D eigenvalue weighted by molar-refractivity contribution is 7.92. The number of hydrogen-bond acceptors (Lipinski definition) is 7. The number of sulfonamides is 1. The maximum absolute atomic E-state index is 15.4. The molecular formula is C26H20F5N5O4S. The van der Waals surface area contributed by atoms with Crippen LogP contribution in [0.25, 0.3) is 11.1 Å². The number of rotatable bonds is 8. The van der Waals surface area contributed by atoms with Gasteiger partial charge in [0.25, 0.3) is 10.0 Å². The van der Waals surface area contributed by atoms with Gasteiger partial charge in [0.05, 0.1) is 18.4 Å². The lowest BCUT2D eigenvalue weighted by molar-refractivity contribution is -0.140. The fourth-order valence-corrected chi connectivity index (χ4v) is 4.65. The van der Waals surface area contributed by atoms with Crippen molar-refractivity contribution in [1.82, 2.24) is 15.0 Å². The molecule has 2 aromatic carbocycles. The van der Waals surface area contributed by atoms with Crippen LogP contribution < -0.4 is 14.4 Å². The van der Waals surface area contributed by atoms with E-state index in [1.54, 1.807) is 0 Å². The molecule has 0 aliphatic rings. The standard InChI is InChI=1S/C26H20F5N5O4S/c1-3-24(37)36(23-8-6-16(14-34-23)41(38,39)35-25-32-9-4-10-33-25)21-13-20(28)17(12-22(21)40-2)15-5-7-19(27)18(11-15)26(29,30)31/h4-14H,3H2,1-2H3,(H,32,33,35). The summed E-state index contributed by atoms with van der Waals surface area (Å²) in [5.41, 5.74) is -2.36. The molecule has 0 saturated carbocycles. The second kappa shape index (κ2) is 11.4. The number of anilines is 3. The molecule has 0 aliphatic carbocycles. The van der Waals surface area contributed by atoms with Crippen LogP contribution >= 0.6 is 0 Å². The average Bonchev–Trinajstić information content (AvgIpc) is 2.93. The minimum atomic E-state index is -5.01. The monoisotopic (exact) mass is 593 g/mol. The van der Waals surface area contributed by atoms with Crippen molar-refractivity contribution < 1.29 is 39.9 Å². The minimum absolute atomic E-state index is 0.0892. The van der Waals surface area contributed by atoms with E-state index in [4.69, 9.17) is 4.74 Å². The second-order valence-corrected chi connectivity index (χ2v) is 9.99. The molecule has 2 aromatic heterocycles. The number of alkyl halides is 3. The number of amides is 1. The van der Waals surface area contributed by atoms with Gasteiger partial charge in [-0.05, 0) is 42.0 Å². The largest absolute Gasteiger partial charge is 0.495 e. The van der Waals surface area contributed by atoms with Gasteiger partial charge in [0.1, 0.15) is 28.1 Å². The number of benzene rings is 2. The maximum atomic E-state index is 15.4. The Balaban J connectivity index is 1.75. The van der Waals surface area contributed by atoms with Gasteiger partial charge < -0.3 is 4.74 Å². The molecule has 9 nitrogen and oxygen atoms in total. The summed E-state index contributed by atoms with van der Waals surface area (Å²) < 4.78 is 102. The Labute approximate surface area is 230 Å². The highest BCUT2D eigenvalue weighted by atomic mass is 32.2. The zero-order chi connectivity index (χ0) is 29.9. The van der Waals surface area contributed by atoms with Crippen molar-refractivity contribution in [2.45, 2.75) is 24.4 Å². The second-order valence-electron chi connectivity index (χ2n) is 8.31. The summed E-state index contributed by atoms with van der Waals surface area (Å²) >= 11 is 0. The first kappa shape index (κ1) is 29.3. The van der Waals surface area contributed by atoms with Gasteiger partial charge in [-0.15, -0.1) is 0 Å². The molecule has 0 spiro atoms. The average molecular weight is 594 g/mol. The SMILES string of the molecule is CCC(=O)N(c1ccc(S(=O)(=O)Nc2ncccn2)cn1)c1cc(F)c(-c2ccc(F)c(C(F)(F)F)c2)cc1OC. The summed E-state index contributed by atoms with van der Waals surface area (Å²) in [6.07, 6.45) is -1.47. The van der Waals surface area contributed by atoms with E-state index in [0.29, 0.717) is 12.1 Å². The first-order chi connectivity index (χ1) is 19.4. The molecule has 0 atom stereocenters. The lowest BCUT2D eigenvalue weighted by Crippen LogP contribution is -2.26. The fraction of sp³-hybridized carbons (Fsp3) is 0.154. The Morgan fingerprint density at radius 3 is 2.29 bits per heavy atom. The molecule has 15 heteroatoms. The molecule has 0 unspecified atom stereocenters. The summed E-state index contributed by atoms with van der Waals surface area (Å²) in [4.78, 5) is 25.3. The summed E-state index contributed by atoms with van der Waals surface area (Å²) in [5.74, 6) is -3.55. The van der Waals surface area contributed by atoms with Crippen molar-refractivity contribution in [2.24, 2.45) is 0 Å². The van der Waals surface area contributed by atoms with Gasteiger partial charge in [-0.25, -0.2) is 36.9 Å². The van der Waals surface area contributed by atoms with Crippen LogP contribution in [0.2, 0.25) is 0 Å². The molecule has 1 N–H and O–H groups in total. The molecule has 0 fully saturated rings. The highest BCUT2D eigenvalue weighted by Crippen LogP contribution is 2.40. The number of aromatic nitrogens is 3. The number of pyridine rings is 1. The zero-order valence-corrected chi connectivity index (χ0v) is 22.1. The number of nitrogens with zero attached hydrogens (tertiary/aromatic N) is 4. The van der Waals surface area contributed by atoms with Crippen molar-refractivity contribution >= 4 is 33.4 Å². The number of nitrogens with one attached hydrogen (secondary N) is 1. The molecule has 0 saturated heterocycles. The van der Waals surface area contributed by atoms with E-state index < -0.39 is 39.3 Å². The van der Waals surface area contributed by atoms with Crippen LogP contribution in [0.15, 0.2) is 72.0 Å². The van der Waals surface area contributed by atoms with E-state index in [0.717, 1.165) is 35.4 Å². The first-order valence-electron chi connectivity index (χ1n) is 11.7. The van der Waals surface area contributed by atoms with Crippen LogP contribution in [-0.4, -0.2) is 36.4 Å². The number of carbonyl (C=O) groups is 1. The third kappa shape index (κ3) is 6.24. The van der Waals surface area contributed by atoms with Crippen LogP contribution in [0.4, 0.5) is 39.4 Å². The van der Waals surface area contributed by atoms with Gasteiger partial charge in [0.15, 0.2) is 0 Å². The van der Waals surface area contributed by atoms with Crippen molar-refractivity contribution in [3.63, 3.8) is 0 Å². The third-order valence-corrected chi connectivity index (χ3v) is 7.01. The van der Waals surface area contributed by atoms with Crippen molar-refractivity contribution in [1.29, 1.82) is 0 Å². The van der Waals surface area contributed by atoms with Crippen LogP contribution in [0.5, 0.6) is 5.75 Å². The predicted molar refractivity (Wildman–Crippen MR) is 138 cm³/mol. The predicted octanol–water partition coefficient (Wildman–Crippen LogP) is 5.72. The van der Waals surface area contributed by atoms with Crippen molar-refractivity contribution in [2.75, 3.05) is 16.7 Å². The number of hydrogen-bond donors (Lipinski definition) is 1. The zero-order valence-electron chi connectivity index (χ0n) is 21.3. The Hall–Kier alpha value is -4.66. The van der Waals surface area contributed by atoms with Gasteiger partial charge in [0, 0.05) is 36.6 Å². The van der Waals surface area contributed by atoms with Crippen LogP contribution in [-0.2, 0) is 21.0 Å². The van der Waals surface area contributed by atoms with Crippen LogP contribution in [0.1, 0.15) is 18.9 Å². The topological polar surface area (TPSA) is 114 Å².